The van der Waals surface area contributed by atoms with Crippen molar-refractivity contribution in [2.75, 3.05) is 173 Å². The van der Waals surface area contributed by atoms with Gasteiger partial charge in [0.05, 0.1) is 70.8 Å². The van der Waals surface area contributed by atoms with Crippen LogP contribution in [0.1, 0.15) is 114 Å². The van der Waals surface area contributed by atoms with Gasteiger partial charge < -0.3 is 68.1 Å². The third-order valence-corrected chi connectivity index (χ3v) is 37.7. The second-order valence-corrected chi connectivity index (χ2v) is 50.9. The summed E-state index contributed by atoms with van der Waals surface area (Å²) in [7, 11) is -10.4. The van der Waals surface area contributed by atoms with Gasteiger partial charge in [0.1, 0.15) is 16.8 Å². The summed E-state index contributed by atoms with van der Waals surface area (Å²) < 4.78 is 104. The average molecular weight is 2120 g/mol. The Hall–Kier alpha value is -8.62. The number of sulfonamides is 3. The lowest BCUT2D eigenvalue weighted by Crippen LogP contribution is -2.66. The highest BCUT2D eigenvalue weighted by Crippen LogP contribution is 2.37. The first-order valence-electron chi connectivity index (χ1n) is 43.8. The zero-order valence-electron chi connectivity index (χ0n) is 78.7. The molecule has 8 aliphatic rings. The fourth-order valence-corrected chi connectivity index (χ4v) is 25.9. The van der Waals surface area contributed by atoms with Gasteiger partial charge in [0, 0.05) is 252 Å². The highest BCUT2D eigenvalue weighted by Gasteiger charge is 2.48. The first-order chi connectivity index (χ1) is 64.1. The highest BCUT2D eigenvalue weighted by atomic mass is 35.7. The van der Waals surface area contributed by atoms with Gasteiger partial charge in [0.2, 0.25) is 40.8 Å². The van der Waals surface area contributed by atoms with E-state index in [-0.39, 0.29) is 118 Å². The summed E-state index contributed by atoms with van der Waals surface area (Å²) in [5.74, 6) is 0.779. The van der Waals surface area contributed by atoms with E-state index < -0.39 is 93.4 Å². The molecule has 0 radical (unpaired) electrons. The van der Waals surface area contributed by atoms with Gasteiger partial charge in [-0.3, -0.25) is 69.1 Å². The van der Waals surface area contributed by atoms with Crippen molar-refractivity contribution in [3.63, 3.8) is 0 Å². The maximum absolute atomic E-state index is 13.4. The molecule has 4 atom stereocenters. The number of rotatable bonds is 23. The molecule has 4 amide bonds. The number of amides is 4. The molecule has 762 valence electrons. The summed E-state index contributed by atoms with van der Waals surface area (Å²) in [4.78, 5) is 117. The Morgan fingerprint density at radius 3 is 1.04 bits per heavy atom. The Bertz CT molecular complexity index is 5920. The van der Waals surface area contributed by atoms with Crippen LogP contribution >= 0.6 is 67.6 Å². The van der Waals surface area contributed by atoms with Crippen molar-refractivity contribution in [2.45, 2.75) is 177 Å². The third-order valence-electron chi connectivity index (χ3n) is 24.4. The van der Waals surface area contributed by atoms with Crippen molar-refractivity contribution < 1.29 is 82.9 Å². The van der Waals surface area contributed by atoms with Gasteiger partial charge >= 0.3 is 15.0 Å². The van der Waals surface area contributed by atoms with Crippen LogP contribution in [0.4, 0.5) is 31.9 Å². The molecule has 7 aromatic heterocycles. The Morgan fingerprint density at radius 2 is 0.732 bits per heavy atom. The molecule has 0 unspecified atom stereocenters. The average Bonchev–Trinajstić information content (AvgIpc) is 1.06. The number of nitro groups is 3. The number of carbonyl (C=O) groups is 4. The molecule has 15 heterocycles. The SMILES string of the molecule is CC(C)(O)c1cnc(Cl)nc1.CC(C)(O)c1cnc(N2CCN(S(=O)(=O)c3ccc(N)s3)C[C@@H]2CN2CCNC(=O)C2(C)C)nc1.CC(C)(O)c1cnc(N2CCN(S(=O)(=O)c3ccc([N+](=O)[O-])s3)C[C@@H]2CN2CCNC(=O)C2(C)C)nc1.CC1(C)C(=O)NCCN1C[C@H]1CN(S(=O)(=O)c2ccc([N+](=O)[O-])s2)CCN1.CC1(C)C(=O)NCCN1C[C@H]1CNCCN1.O=[N+]([O-])c1ccc(S(=O)(=O)Cl)s1. The van der Waals surface area contributed by atoms with E-state index in [0.29, 0.717) is 152 Å². The monoisotopic (exact) mass is 2120 g/mol. The molecule has 0 saturated carbocycles. The number of carbonyl (C=O) groups excluding carboxylic acids is 4. The number of hydrogen-bond acceptors (Lipinski definition) is 41. The van der Waals surface area contributed by atoms with E-state index in [1.54, 1.807) is 72.4 Å². The molecule has 47 nitrogen and oxygen atoms in total. The summed E-state index contributed by atoms with van der Waals surface area (Å²) in [5, 5.41) is 83.7. The van der Waals surface area contributed by atoms with E-state index in [9.17, 15) is 98.5 Å². The van der Waals surface area contributed by atoms with Gasteiger partial charge in [0.15, 0.2) is 0 Å². The summed E-state index contributed by atoms with van der Waals surface area (Å²) >= 11 is 8.33. The van der Waals surface area contributed by atoms with Crippen LogP contribution in [0.5, 0.6) is 0 Å². The van der Waals surface area contributed by atoms with Gasteiger partial charge in [-0.15, -0.1) is 11.3 Å². The molecule has 0 aromatic carbocycles. The number of piperazine rings is 8. The summed E-state index contributed by atoms with van der Waals surface area (Å²) in [6, 6.07) is 9.91. The molecular formula is C81H120Cl2N26O21S8. The third kappa shape index (κ3) is 28.0. The number of nitrogen functional groups attached to an aromatic ring is 1. The summed E-state index contributed by atoms with van der Waals surface area (Å²) in [6.45, 7) is 38.0. The van der Waals surface area contributed by atoms with Gasteiger partial charge in [0.25, 0.3) is 39.1 Å². The minimum Gasteiger partial charge on any atom is -0.391 e. The van der Waals surface area contributed by atoms with Crippen molar-refractivity contribution in [2.24, 2.45) is 0 Å². The van der Waals surface area contributed by atoms with Crippen molar-refractivity contribution in [3.05, 3.63) is 138 Å². The van der Waals surface area contributed by atoms with Crippen molar-refractivity contribution in [1.29, 1.82) is 0 Å². The number of aromatic nitrogens is 6. The lowest BCUT2D eigenvalue weighted by Gasteiger charge is -2.47. The molecule has 57 heteroatoms. The van der Waals surface area contributed by atoms with Crippen molar-refractivity contribution >= 4 is 162 Å². The van der Waals surface area contributed by atoms with Crippen molar-refractivity contribution in [3.8, 4) is 0 Å². The molecule has 0 bridgehead atoms. The molecule has 8 fully saturated rings. The van der Waals surface area contributed by atoms with Gasteiger partial charge in [-0.05, 0) is 173 Å². The Labute approximate surface area is 826 Å². The number of nitrogens with zero attached hydrogens (tertiary/aromatic N) is 18. The van der Waals surface area contributed by atoms with Crippen molar-refractivity contribution in [1.82, 2.24) is 99.6 Å². The maximum Gasteiger partial charge on any atom is 0.325 e. The number of thiophene rings is 4. The predicted molar refractivity (Wildman–Crippen MR) is 521 cm³/mol. The number of aliphatic hydroxyl groups is 3. The van der Waals surface area contributed by atoms with Crippen LogP contribution < -0.4 is 52.8 Å². The van der Waals surface area contributed by atoms with Crippen LogP contribution in [0.2, 0.25) is 5.28 Å². The lowest BCUT2D eigenvalue weighted by molar-refractivity contribution is -0.380. The van der Waals surface area contributed by atoms with Crippen LogP contribution in [0.25, 0.3) is 0 Å². The largest absolute Gasteiger partial charge is 0.391 e. The van der Waals surface area contributed by atoms with Crippen LogP contribution in [0, 0.1) is 30.3 Å². The first kappa shape index (κ1) is 111. The second kappa shape index (κ2) is 45.3. The summed E-state index contributed by atoms with van der Waals surface area (Å²) in [6.07, 6.45) is 9.30. The fourth-order valence-electron chi connectivity index (χ4n) is 15.7. The molecule has 8 aliphatic heterocycles. The number of nitrogens with one attached hydrogen (secondary N) is 7. The molecule has 12 N–H and O–H groups in total. The standard InChI is InChI=1S/C22H31N7O6S2.C22H33N7O4S2.C15H23N5O5S2.C11H22N4O.C7H9ClN2O.C4H2ClNO4S2/c1-21(2)19(30)23-7-8-26(21)13-16-14-27(37(34,35)18-6-5-17(36-18)29(32)33)9-10-28(16)20-24-11-15(12-25-20)22(3,4)31;1-21(2)19(30)24-7-8-27(21)13-16-14-28(35(32,33)18-6-5-17(23)34-18)9-10-29(16)20-25-11-15(12-26-20)22(3,4)31;1-15(2)14(21)17-5-7-18(15)9-11-10-19(8-6-16-11)27(24,25)13-4-3-12(26-13)20(22)23;1-11(2)10(16)14-5-6-15(11)8-9-7-12-3-4-13-9;1-7(2,11)5-3-9-6(8)10-4-5;5-12(9,10)4-2-1-3(11-4)6(7)8/h5-6,11-12,16,31H,7-10,13-14H2,1-4H3,(H,23,30);5-6,11-12,16,31H,7-10,13-14,23H2,1-4H3,(H,24,30);3-4,11,16H,5-10H2,1-2H3,(H,17,21);9,12-13H,3-8H2,1-2H3,(H,14,16);3-4,11H,1-2H3;1-2H/t2*16-;11-;9-;;/m0001../s1. The van der Waals surface area contributed by atoms with Crippen LogP contribution in [-0.4, -0.2) is 353 Å². The number of nitrogens with two attached hydrogens (primary N) is 1. The number of halogens is 2. The Morgan fingerprint density at radius 1 is 0.420 bits per heavy atom. The molecule has 15 rings (SSSR count). The van der Waals surface area contributed by atoms with E-state index in [4.69, 9.17) is 28.0 Å². The minimum absolute atomic E-state index is 0.0208. The second-order valence-electron chi connectivity index (χ2n) is 36.9. The van der Waals surface area contributed by atoms with E-state index in [2.05, 4.69) is 81.8 Å². The maximum atomic E-state index is 13.4. The molecule has 8 saturated heterocycles. The number of anilines is 3. The topological polar surface area (TPSA) is 612 Å². The lowest BCUT2D eigenvalue weighted by atomic mass is 9.97. The Kier molecular flexibility index (Phi) is 36.6. The molecule has 7 aromatic rings. The normalized spacial score (nSPS) is 21.8. The van der Waals surface area contributed by atoms with Gasteiger partial charge in [-0.25, -0.2) is 63.6 Å². The first-order valence-corrected chi connectivity index (χ1v) is 54.1. The zero-order chi connectivity index (χ0) is 102. The van der Waals surface area contributed by atoms with Crippen LogP contribution in [0.15, 0.2) is 103 Å². The molecule has 0 spiro atoms. The van der Waals surface area contributed by atoms with Gasteiger partial charge in [-0.1, -0.05) is 0 Å². The van der Waals surface area contributed by atoms with Crippen LogP contribution in [-0.2, 0) is 75.1 Å². The molecule has 138 heavy (non-hydrogen) atoms. The van der Waals surface area contributed by atoms with E-state index in [1.807, 2.05) is 70.1 Å². The highest BCUT2D eigenvalue weighted by molar-refractivity contribution is 8.15. The molecular weight excluding hydrogens is 2000 g/mol. The molecule has 0 aliphatic carbocycles. The Balaban J connectivity index is 0.000000180. The predicted octanol–water partition coefficient (Wildman–Crippen LogP) is 2.73. The minimum atomic E-state index is -3.97. The fraction of sp³-hybridized carbons (Fsp3) is 0.605. The van der Waals surface area contributed by atoms with Crippen LogP contribution in [0.3, 0.4) is 0 Å². The summed E-state index contributed by atoms with van der Waals surface area (Å²) in [5.41, 5.74) is 1.92. The van der Waals surface area contributed by atoms with E-state index in [0.717, 1.165) is 62.7 Å². The van der Waals surface area contributed by atoms with E-state index >= 15 is 0 Å². The van der Waals surface area contributed by atoms with Gasteiger partial charge in [-0.2, -0.15) is 12.9 Å². The quantitative estimate of drug-likeness (QED) is 0.0190. The smallest absolute Gasteiger partial charge is 0.325 e. The van der Waals surface area contributed by atoms with E-state index in [1.165, 1.54) is 55.6 Å². The zero-order valence-corrected chi connectivity index (χ0v) is 86.7. The number of hydrogen-bond donors (Lipinski definition) is 11.